The van der Waals surface area contributed by atoms with Crippen molar-refractivity contribution >= 4 is 23.2 Å². The molecule has 1 aromatic carbocycles. The average Bonchev–Trinajstić information content (AvgIpc) is 3.00. The standard InChI is InChI=1S/C16H20N4O2/c1-2-3-4-15(21)19-12-5-7-13(8-6-12)20-16(22)9-14-10-17-11-18-14/h5-8,10-11H,2-4,9H2,1H3,(H,17,18)(H,19,21)(H,20,22). The predicted molar refractivity (Wildman–Crippen MR) is 85.5 cm³/mol. The van der Waals surface area contributed by atoms with E-state index in [2.05, 4.69) is 20.6 Å². The van der Waals surface area contributed by atoms with Crippen LogP contribution in [0.5, 0.6) is 0 Å². The Labute approximate surface area is 129 Å². The summed E-state index contributed by atoms with van der Waals surface area (Å²) in [6.07, 6.45) is 5.81. The molecule has 3 N–H and O–H groups in total. The number of hydrogen-bond acceptors (Lipinski definition) is 3. The van der Waals surface area contributed by atoms with Crippen LogP contribution in [0.2, 0.25) is 0 Å². The van der Waals surface area contributed by atoms with Crippen molar-refractivity contribution < 1.29 is 9.59 Å². The number of imidazole rings is 1. The molecule has 0 saturated carbocycles. The van der Waals surface area contributed by atoms with E-state index in [0.717, 1.165) is 24.2 Å². The fourth-order valence-corrected chi connectivity index (χ4v) is 1.96. The van der Waals surface area contributed by atoms with Crippen LogP contribution in [0.15, 0.2) is 36.8 Å². The van der Waals surface area contributed by atoms with Crippen molar-refractivity contribution in [1.29, 1.82) is 0 Å². The molecular formula is C16H20N4O2. The summed E-state index contributed by atoms with van der Waals surface area (Å²) in [5.41, 5.74) is 2.18. The smallest absolute Gasteiger partial charge is 0.230 e. The van der Waals surface area contributed by atoms with E-state index >= 15 is 0 Å². The fraction of sp³-hybridized carbons (Fsp3) is 0.312. The van der Waals surface area contributed by atoms with Gasteiger partial charge >= 0.3 is 0 Å². The molecule has 0 aliphatic heterocycles. The third kappa shape index (κ3) is 5.05. The van der Waals surface area contributed by atoms with Crippen LogP contribution >= 0.6 is 0 Å². The molecule has 0 spiro atoms. The van der Waals surface area contributed by atoms with Crippen molar-refractivity contribution in [2.24, 2.45) is 0 Å². The maximum absolute atomic E-state index is 11.8. The quantitative estimate of drug-likeness (QED) is 0.734. The first-order chi connectivity index (χ1) is 10.7. The van der Waals surface area contributed by atoms with E-state index in [-0.39, 0.29) is 18.2 Å². The van der Waals surface area contributed by atoms with E-state index < -0.39 is 0 Å². The van der Waals surface area contributed by atoms with Crippen LogP contribution in [0.25, 0.3) is 0 Å². The Hall–Kier alpha value is -2.63. The number of hydrogen-bond donors (Lipinski definition) is 3. The second-order valence-corrected chi connectivity index (χ2v) is 5.03. The van der Waals surface area contributed by atoms with Gasteiger partial charge in [-0.1, -0.05) is 13.3 Å². The van der Waals surface area contributed by atoms with Crippen molar-refractivity contribution in [1.82, 2.24) is 9.97 Å². The van der Waals surface area contributed by atoms with Gasteiger partial charge in [0, 0.05) is 29.7 Å². The highest BCUT2D eigenvalue weighted by molar-refractivity contribution is 5.93. The first-order valence-electron chi connectivity index (χ1n) is 7.34. The lowest BCUT2D eigenvalue weighted by Crippen LogP contribution is -2.15. The highest BCUT2D eigenvalue weighted by Crippen LogP contribution is 2.14. The molecule has 1 aromatic heterocycles. The molecule has 0 bridgehead atoms. The van der Waals surface area contributed by atoms with E-state index in [1.807, 2.05) is 6.92 Å². The number of carbonyl (C=O) groups excluding carboxylic acids is 2. The molecule has 6 nitrogen and oxygen atoms in total. The van der Waals surface area contributed by atoms with Gasteiger partial charge in [0.1, 0.15) is 0 Å². The zero-order valence-corrected chi connectivity index (χ0v) is 12.6. The van der Waals surface area contributed by atoms with Crippen LogP contribution in [-0.4, -0.2) is 21.8 Å². The van der Waals surface area contributed by atoms with Gasteiger partial charge < -0.3 is 15.6 Å². The summed E-state index contributed by atoms with van der Waals surface area (Å²) >= 11 is 0. The molecule has 1 heterocycles. The number of aromatic nitrogens is 2. The number of H-pyrrole nitrogens is 1. The number of aromatic amines is 1. The third-order valence-corrected chi connectivity index (χ3v) is 3.12. The lowest BCUT2D eigenvalue weighted by molar-refractivity contribution is -0.116. The molecule has 0 aliphatic rings. The van der Waals surface area contributed by atoms with Gasteiger partial charge in [0.25, 0.3) is 0 Å². The SMILES string of the molecule is CCCCC(=O)Nc1ccc(NC(=O)Cc2cnc[nH]2)cc1. The number of anilines is 2. The van der Waals surface area contributed by atoms with Crippen LogP contribution in [0, 0.1) is 0 Å². The molecular weight excluding hydrogens is 280 g/mol. The van der Waals surface area contributed by atoms with Crippen molar-refractivity contribution in [3.63, 3.8) is 0 Å². The Morgan fingerprint density at radius 3 is 2.27 bits per heavy atom. The topological polar surface area (TPSA) is 86.9 Å². The minimum atomic E-state index is -0.121. The monoisotopic (exact) mass is 300 g/mol. The molecule has 116 valence electrons. The Morgan fingerprint density at radius 2 is 1.73 bits per heavy atom. The molecule has 0 aliphatic carbocycles. The highest BCUT2D eigenvalue weighted by Gasteiger charge is 2.06. The Balaban J connectivity index is 1.83. The molecule has 0 atom stereocenters. The fourth-order valence-electron chi connectivity index (χ4n) is 1.96. The van der Waals surface area contributed by atoms with E-state index in [1.165, 1.54) is 0 Å². The molecule has 0 radical (unpaired) electrons. The zero-order valence-electron chi connectivity index (χ0n) is 12.6. The largest absolute Gasteiger partial charge is 0.348 e. The van der Waals surface area contributed by atoms with Gasteiger partial charge in [0.15, 0.2) is 0 Å². The third-order valence-electron chi connectivity index (χ3n) is 3.12. The minimum absolute atomic E-state index is 0.0119. The molecule has 2 rings (SSSR count). The first-order valence-corrected chi connectivity index (χ1v) is 7.34. The van der Waals surface area contributed by atoms with Crippen molar-refractivity contribution in [3.8, 4) is 0 Å². The number of carbonyl (C=O) groups is 2. The summed E-state index contributed by atoms with van der Waals surface area (Å²) in [6, 6.07) is 7.08. The molecule has 0 unspecified atom stereocenters. The minimum Gasteiger partial charge on any atom is -0.348 e. The van der Waals surface area contributed by atoms with Gasteiger partial charge in [-0.3, -0.25) is 9.59 Å². The van der Waals surface area contributed by atoms with Gasteiger partial charge in [-0.05, 0) is 30.7 Å². The van der Waals surface area contributed by atoms with Gasteiger partial charge in [-0.25, -0.2) is 4.98 Å². The van der Waals surface area contributed by atoms with Crippen molar-refractivity contribution in [2.45, 2.75) is 32.6 Å². The Morgan fingerprint density at radius 1 is 1.09 bits per heavy atom. The average molecular weight is 300 g/mol. The normalized spacial score (nSPS) is 10.2. The number of benzene rings is 1. The molecule has 0 saturated heterocycles. The maximum atomic E-state index is 11.8. The number of nitrogens with one attached hydrogen (secondary N) is 3. The van der Waals surface area contributed by atoms with Gasteiger partial charge in [-0.2, -0.15) is 0 Å². The van der Waals surface area contributed by atoms with Gasteiger partial charge in [-0.15, -0.1) is 0 Å². The van der Waals surface area contributed by atoms with Gasteiger partial charge in [0.2, 0.25) is 11.8 Å². The lowest BCUT2D eigenvalue weighted by atomic mass is 10.2. The van der Waals surface area contributed by atoms with Crippen LogP contribution in [0.3, 0.4) is 0 Å². The van der Waals surface area contributed by atoms with Crippen LogP contribution in [0.4, 0.5) is 11.4 Å². The lowest BCUT2D eigenvalue weighted by Gasteiger charge is -2.07. The second kappa shape index (κ2) is 7.97. The molecule has 22 heavy (non-hydrogen) atoms. The number of nitrogens with zero attached hydrogens (tertiary/aromatic N) is 1. The van der Waals surface area contributed by atoms with E-state index in [9.17, 15) is 9.59 Å². The molecule has 0 fully saturated rings. The van der Waals surface area contributed by atoms with Crippen LogP contribution < -0.4 is 10.6 Å². The second-order valence-electron chi connectivity index (χ2n) is 5.03. The zero-order chi connectivity index (χ0) is 15.8. The molecule has 6 heteroatoms. The van der Waals surface area contributed by atoms with Crippen LogP contribution in [-0.2, 0) is 16.0 Å². The number of unbranched alkanes of at least 4 members (excludes halogenated alkanes) is 1. The van der Waals surface area contributed by atoms with Crippen molar-refractivity contribution in [3.05, 3.63) is 42.5 Å². The predicted octanol–water partition coefficient (Wildman–Crippen LogP) is 2.72. The van der Waals surface area contributed by atoms with Crippen molar-refractivity contribution in [2.75, 3.05) is 10.6 Å². The molecule has 2 aromatic rings. The summed E-state index contributed by atoms with van der Waals surface area (Å²) in [7, 11) is 0. The Bertz CT molecular complexity index is 606. The summed E-state index contributed by atoms with van der Waals surface area (Å²) in [5, 5.41) is 5.62. The summed E-state index contributed by atoms with van der Waals surface area (Å²) < 4.78 is 0. The van der Waals surface area contributed by atoms with E-state index in [4.69, 9.17) is 0 Å². The first kappa shape index (κ1) is 15.8. The van der Waals surface area contributed by atoms with E-state index in [0.29, 0.717) is 12.1 Å². The molecule has 2 amide bonds. The summed E-state index contributed by atoms with van der Waals surface area (Å²) in [6.45, 7) is 2.05. The highest BCUT2D eigenvalue weighted by atomic mass is 16.2. The van der Waals surface area contributed by atoms with Gasteiger partial charge in [0.05, 0.1) is 12.7 Å². The summed E-state index contributed by atoms with van der Waals surface area (Å²) in [5.74, 6) is -0.109. The Kier molecular flexibility index (Phi) is 5.71. The number of amides is 2. The maximum Gasteiger partial charge on any atom is 0.230 e. The van der Waals surface area contributed by atoms with Crippen LogP contribution in [0.1, 0.15) is 31.9 Å². The van der Waals surface area contributed by atoms with E-state index in [1.54, 1.807) is 36.8 Å². The number of rotatable bonds is 7. The summed E-state index contributed by atoms with van der Waals surface area (Å²) in [4.78, 5) is 30.2.